The van der Waals surface area contributed by atoms with Gasteiger partial charge < -0.3 is 5.32 Å². The first-order chi connectivity index (χ1) is 9.31. The summed E-state index contributed by atoms with van der Waals surface area (Å²) in [6.45, 7) is 0. The SMILES string of the molecule is Clc1ccc2c(c1)CC(NC1CCCCCCC1)C2. The van der Waals surface area contributed by atoms with E-state index in [1.807, 2.05) is 6.07 Å². The molecule has 0 bridgehead atoms. The quantitative estimate of drug-likeness (QED) is 0.839. The van der Waals surface area contributed by atoms with Crippen LogP contribution in [0.15, 0.2) is 18.2 Å². The summed E-state index contributed by atoms with van der Waals surface area (Å²) in [5, 5.41) is 4.79. The summed E-state index contributed by atoms with van der Waals surface area (Å²) >= 11 is 6.08. The van der Waals surface area contributed by atoms with Crippen molar-refractivity contribution in [3.63, 3.8) is 0 Å². The monoisotopic (exact) mass is 277 g/mol. The van der Waals surface area contributed by atoms with Crippen molar-refractivity contribution in [3.05, 3.63) is 34.3 Å². The molecule has 3 rings (SSSR count). The molecule has 0 aliphatic heterocycles. The number of halogens is 1. The van der Waals surface area contributed by atoms with E-state index < -0.39 is 0 Å². The van der Waals surface area contributed by atoms with Crippen LogP contribution in [-0.4, -0.2) is 12.1 Å². The third kappa shape index (κ3) is 3.52. The minimum atomic E-state index is 0.637. The lowest BCUT2D eigenvalue weighted by Gasteiger charge is -2.24. The van der Waals surface area contributed by atoms with Gasteiger partial charge in [0, 0.05) is 17.1 Å². The molecule has 1 fully saturated rings. The minimum Gasteiger partial charge on any atom is -0.311 e. The normalized spacial score (nSPS) is 24.8. The van der Waals surface area contributed by atoms with Crippen molar-refractivity contribution in [1.29, 1.82) is 0 Å². The lowest BCUT2D eigenvalue weighted by molar-refractivity contribution is 0.354. The summed E-state index contributed by atoms with van der Waals surface area (Å²) in [4.78, 5) is 0. The van der Waals surface area contributed by atoms with Gasteiger partial charge in [-0.05, 0) is 48.9 Å². The molecular weight excluding hydrogens is 254 g/mol. The third-order valence-electron chi connectivity index (χ3n) is 4.68. The molecule has 1 nitrogen and oxygen atoms in total. The Morgan fingerprint density at radius 1 is 0.842 bits per heavy atom. The number of nitrogens with one attached hydrogen (secondary N) is 1. The Morgan fingerprint density at radius 3 is 2.32 bits per heavy atom. The lowest BCUT2D eigenvalue weighted by atomic mass is 9.96. The maximum Gasteiger partial charge on any atom is 0.0408 e. The van der Waals surface area contributed by atoms with Crippen LogP contribution in [0, 0.1) is 0 Å². The molecule has 0 spiro atoms. The topological polar surface area (TPSA) is 12.0 Å². The van der Waals surface area contributed by atoms with Crippen molar-refractivity contribution in [2.75, 3.05) is 0 Å². The summed E-state index contributed by atoms with van der Waals surface area (Å²) in [6, 6.07) is 7.76. The Labute approximate surface area is 121 Å². The standard InChI is InChI=1S/C17H24ClN/c18-15-9-8-13-11-17(12-14(13)10-15)19-16-6-4-2-1-3-5-7-16/h8-10,16-17,19H,1-7,11-12H2. The predicted octanol–water partition coefficient (Wildman–Crippen LogP) is 4.51. The van der Waals surface area contributed by atoms with E-state index in [2.05, 4.69) is 17.4 Å². The van der Waals surface area contributed by atoms with Gasteiger partial charge in [-0.1, -0.05) is 49.8 Å². The molecule has 2 aliphatic carbocycles. The van der Waals surface area contributed by atoms with Crippen molar-refractivity contribution in [2.45, 2.75) is 69.9 Å². The van der Waals surface area contributed by atoms with Gasteiger partial charge in [0.1, 0.15) is 0 Å². The van der Waals surface area contributed by atoms with E-state index >= 15 is 0 Å². The number of fused-ring (bicyclic) bond motifs is 1. The number of benzene rings is 1. The molecule has 0 heterocycles. The molecule has 0 aromatic heterocycles. The second-order valence-electron chi connectivity index (χ2n) is 6.23. The van der Waals surface area contributed by atoms with Crippen LogP contribution in [0.1, 0.15) is 56.1 Å². The first-order valence-corrected chi connectivity index (χ1v) is 8.22. The second-order valence-corrected chi connectivity index (χ2v) is 6.66. The van der Waals surface area contributed by atoms with Crippen molar-refractivity contribution in [2.24, 2.45) is 0 Å². The van der Waals surface area contributed by atoms with Crippen LogP contribution in [0.25, 0.3) is 0 Å². The Morgan fingerprint density at radius 2 is 1.53 bits per heavy atom. The molecule has 1 aromatic carbocycles. The van der Waals surface area contributed by atoms with Gasteiger partial charge in [-0.3, -0.25) is 0 Å². The van der Waals surface area contributed by atoms with Crippen LogP contribution in [0.2, 0.25) is 5.02 Å². The Balaban J connectivity index is 1.57. The number of rotatable bonds is 2. The zero-order chi connectivity index (χ0) is 13.1. The highest BCUT2D eigenvalue weighted by Crippen LogP contribution is 2.26. The van der Waals surface area contributed by atoms with Crippen molar-refractivity contribution in [1.82, 2.24) is 5.32 Å². The smallest absolute Gasteiger partial charge is 0.0408 e. The van der Waals surface area contributed by atoms with Crippen molar-refractivity contribution >= 4 is 11.6 Å². The molecule has 104 valence electrons. The summed E-state index contributed by atoms with van der Waals surface area (Å²) in [7, 11) is 0. The molecule has 1 atom stereocenters. The zero-order valence-corrected chi connectivity index (χ0v) is 12.4. The summed E-state index contributed by atoms with van der Waals surface area (Å²) in [6.07, 6.45) is 12.2. The van der Waals surface area contributed by atoms with E-state index in [0.29, 0.717) is 6.04 Å². The van der Waals surface area contributed by atoms with Crippen molar-refractivity contribution in [3.8, 4) is 0 Å². The van der Waals surface area contributed by atoms with Gasteiger partial charge in [-0.2, -0.15) is 0 Å². The summed E-state index contributed by atoms with van der Waals surface area (Å²) < 4.78 is 0. The zero-order valence-electron chi connectivity index (χ0n) is 11.6. The Hall–Kier alpha value is -0.530. The molecule has 1 saturated carbocycles. The van der Waals surface area contributed by atoms with Gasteiger partial charge in [-0.25, -0.2) is 0 Å². The molecule has 0 radical (unpaired) electrons. The fourth-order valence-electron chi connectivity index (χ4n) is 3.66. The van der Waals surface area contributed by atoms with Crippen molar-refractivity contribution < 1.29 is 0 Å². The molecular formula is C17H24ClN. The predicted molar refractivity (Wildman–Crippen MR) is 81.9 cm³/mol. The highest BCUT2D eigenvalue weighted by molar-refractivity contribution is 6.30. The Bertz CT molecular complexity index is 421. The third-order valence-corrected chi connectivity index (χ3v) is 4.91. The van der Waals surface area contributed by atoms with Crippen LogP contribution in [0.4, 0.5) is 0 Å². The van der Waals surface area contributed by atoms with Gasteiger partial charge in [0.05, 0.1) is 0 Å². The average molecular weight is 278 g/mol. The van der Waals surface area contributed by atoms with Gasteiger partial charge in [0.15, 0.2) is 0 Å². The maximum absolute atomic E-state index is 6.08. The maximum atomic E-state index is 6.08. The first kappa shape index (κ1) is 13.5. The van der Waals surface area contributed by atoms with Gasteiger partial charge in [-0.15, -0.1) is 0 Å². The number of hydrogen-bond donors (Lipinski definition) is 1. The van der Waals surface area contributed by atoms with Crippen LogP contribution in [-0.2, 0) is 12.8 Å². The molecule has 2 heteroatoms. The molecule has 0 saturated heterocycles. The van der Waals surface area contributed by atoms with Gasteiger partial charge in [0.2, 0.25) is 0 Å². The highest BCUT2D eigenvalue weighted by Gasteiger charge is 2.24. The summed E-state index contributed by atoms with van der Waals surface area (Å²) in [5.41, 5.74) is 2.95. The molecule has 1 unspecified atom stereocenters. The second kappa shape index (κ2) is 6.28. The van der Waals surface area contributed by atoms with E-state index in [1.165, 1.54) is 62.5 Å². The minimum absolute atomic E-state index is 0.637. The van der Waals surface area contributed by atoms with Crippen LogP contribution in [0.5, 0.6) is 0 Å². The largest absolute Gasteiger partial charge is 0.311 e. The van der Waals surface area contributed by atoms with E-state index in [0.717, 1.165) is 17.5 Å². The van der Waals surface area contributed by atoms with Crippen LogP contribution in [0.3, 0.4) is 0 Å². The molecule has 1 aromatic rings. The fourth-order valence-corrected chi connectivity index (χ4v) is 3.86. The Kier molecular flexibility index (Phi) is 4.45. The van der Waals surface area contributed by atoms with Crippen LogP contribution < -0.4 is 5.32 Å². The first-order valence-electron chi connectivity index (χ1n) is 7.84. The molecule has 0 amide bonds. The highest BCUT2D eigenvalue weighted by atomic mass is 35.5. The van der Waals surface area contributed by atoms with E-state index in [4.69, 9.17) is 11.6 Å². The van der Waals surface area contributed by atoms with E-state index in [9.17, 15) is 0 Å². The van der Waals surface area contributed by atoms with E-state index in [-0.39, 0.29) is 0 Å². The number of hydrogen-bond acceptors (Lipinski definition) is 1. The molecule has 2 aliphatic rings. The fraction of sp³-hybridized carbons (Fsp3) is 0.647. The summed E-state index contributed by atoms with van der Waals surface area (Å²) in [5.74, 6) is 0. The van der Waals surface area contributed by atoms with Gasteiger partial charge in [0.25, 0.3) is 0 Å². The lowest BCUT2D eigenvalue weighted by Crippen LogP contribution is -2.39. The van der Waals surface area contributed by atoms with Gasteiger partial charge >= 0.3 is 0 Å². The molecule has 19 heavy (non-hydrogen) atoms. The average Bonchev–Trinajstić information content (AvgIpc) is 2.74. The van der Waals surface area contributed by atoms with Crippen LogP contribution >= 0.6 is 11.6 Å². The van der Waals surface area contributed by atoms with E-state index in [1.54, 1.807) is 0 Å². The molecule has 1 N–H and O–H groups in total.